The monoisotopic (exact) mass is 307 g/mol. The van der Waals surface area contributed by atoms with Gasteiger partial charge in [0.25, 0.3) is 5.91 Å². The Kier molecular flexibility index (Phi) is 3.55. The average Bonchev–Trinajstić information content (AvgIpc) is 2.74. The summed E-state index contributed by atoms with van der Waals surface area (Å²) in [4.78, 5) is 11.8. The lowest BCUT2D eigenvalue weighted by atomic mass is 10.1. The second kappa shape index (κ2) is 5.37. The van der Waals surface area contributed by atoms with Crippen molar-refractivity contribution in [2.24, 2.45) is 0 Å². The summed E-state index contributed by atoms with van der Waals surface area (Å²) in [5.41, 5.74) is 0.880. The molecule has 2 aromatic carbocycles. The van der Waals surface area contributed by atoms with Crippen LogP contribution in [0.4, 0.5) is 8.78 Å². The molecular weight excluding hydrogens is 296 g/mol. The number of thiol groups is 1. The SMILES string of the molecule is O=C1c2c(cc(F)c(OCc3ccccc3)c2F)CN1S. The lowest BCUT2D eigenvalue weighted by molar-refractivity contribution is 0.0887. The highest BCUT2D eigenvalue weighted by Crippen LogP contribution is 2.34. The molecule has 1 amide bonds. The Morgan fingerprint density at radius 2 is 1.95 bits per heavy atom. The summed E-state index contributed by atoms with van der Waals surface area (Å²) >= 11 is 3.91. The summed E-state index contributed by atoms with van der Waals surface area (Å²) in [6, 6.07) is 10.1. The average molecular weight is 307 g/mol. The van der Waals surface area contributed by atoms with Gasteiger partial charge in [0.1, 0.15) is 6.61 Å². The fourth-order valence-electron chi connectivity index (χ4n) is 2.23. The van der Waals surface area contributed by atoms with Crippen molar-refractivity contribution in [1.29, 1.82) is 0 Å². The van der Waals surface area contributed by atoms with E-state index in [-0.39, 0.29) is 24.3 Å². The predicted molar refractivity (Wildman–Crippen MR) is 76.0 cm³/mol. The van der Waals surface area contributed by atoms with Crippen molar-refractivity contribution in [2.75, 3.05) is 0 Å². The van der Waals surface area contributed by atoms with Gasteiger partial charge in [-0.1, -0.05) is 43.1 Å². The van der Waals surface area contributed by atoms with Gasteiger partial charge in [-0.15, -0.1) is 0 Å². The van der Waals surface area contributed by atoms with Gasteiger partial charge in [0.15, 0.2) is 17.4 Å². The molecule has 1 heterocycles. The van der Waals surface area contributed by atoms with Gasteiger partial charge in [-0.3, -0.25) is 9.10 Å². The Labute approximate surface area is 125 Å². The van der Waals surface area contributed by atoms with Crippen molar-refractivity contribution in [2.45, 2.75) is 13.2 Å². The second-order valence-electron chi connectivity index (χ2n) is 4.67. The molecule has 3 rings (SSSR count). The van der Waals surface area contributed by atoms with Crippen molar-refractivity contribution in [1.82, 2.24) is 4.31 Å². The van der Waals surface area contributed by atoms with E-state index in [1.54, 1.807) is 24.3 Å². The van der Waals surface area contributed by atoms with Crippen molar-refractivity contribution in [3.63, 3.8) is 0 Å². The second-order valence-corrected chi connectivity index (χ2v) is 5.16. The minimum atomic E-state index is -0.970. The fourth-order valence-corrected chi connectivity index (χ4v) is 2.48. The maximum Gasteiger partial charge on any atom is 0.267 e. The zero-order valence-electron chi connectivity index (χ0n) is 10.8. The molecule has 0 aromatic heterocycles. The number of halogens is 2. The number of carbonyl (C=O) groups is 1. The zero-order valence-corrected chi connectivity index (χ0v) is 11.7. The summed E-state index contributed by atoms with van der Waals surface area (Å²) in [7, 11) is 0. The van der Waals surface area contributed by atoms with E-state index in [0.717, 1.165) is 15.9 Å². The van der Waals surface area contributed by atoms with Crippen LogP contribution in [0.15, 0.2) is 36.4 Å². The minimum absolute atomic E-state index is 0.0201. The van der Waals surface area contributed by atoms with Crippen molar-refractivity contribution in [3.8, 4) is 5.75 Å². The molecule has 0 radical (unpaired) electrons. The largest absolute Gasteiger partial charge is 0.483 e. The molecule has 1 aliphatic heterocycles. The van der Waals surface area contributed by atoms with Crippen LogP contribution in [-0.2, 0) is 13.2 Å². The minimum Gasteiger partial charge on any atom is -0.483 e. The molecule has 0 bridgehead atoms. The van der Waals surface area contributed by atoms with Crippen molar-refractivity contribution < 1.29 is 18.3 Å². The maximum absolute atomic E-state index is 14.3. The lowest BCUT2D eigenvalue weighted by Gasteiger charge is -2.10. The molecule has 0 fully saturated rings. The van der Waals surface area contributed by atoms with E-state index < -0.39 is 23.3 Å². The first-order valence-electron chi connectivity index (χ1n) is 6.26. The number of benzene rings is 2. The van der Waals surface area contributed by atoms with Gasteiger partial charge in [0.05, 0.1) is 12.1 Å². The highest BCUT2D eigenvalue weighted by molar-refractivity contribution is 7.78. The summed E-state index contributed by atoms with van der Waals surface area (Å²) < 4.78 is 34.5. The van der Waals surface area contributed by atoms with E-state index in [1.165, 1.54) is 0 Å². The van der Waals surface area contributed by atoms with E-state index >= 15 is 0 Å². The molecule has 0 aliphatic carbocycles. The van der Waals surface area contributed by atoms with Crippen LogP contribution in [0.25, 0.3) is 0 Å². The quantitative estimate of drug-likeness (QED) is 0.881. The Morgan fingerprint density at radius 1 is 1.24 bits per heavy atom. The van der Waals surface area contributed by atoms with Gasteiger partial charge in [0, 0.05) is 0 Å². The Bertz CT molecular complexity index is 707. The Hall–Kier alpha value is -2.08. The molecular formula is C15H11F2NO2S. The molecule has 6 heteroatoms. The number of amides is 1. The van der Waals surface area contributed by atoms with Crippen LogP contribution in [0.2, 0.25) is 0 Å². The van der Waals surface area contributed by atoms with Gasteiger partial charge in [0.2, 0.25) is 0 Å². The van der Waals surface area contributed by atoms with Crippen LogP contribution in [0.5, 0.6) is 5.75 Å². The standard InChI is InChI=1S/C15H11F2NO2S/c16-11-6-10-7-18(21)15(19)12(10)13(17)14(11)20-8-9-4-2-1-3-5-9/h1-6,21H,7-8H2. The molecule has 108 valence electrons. The summed E-state index contributed by atoms with van der Waals surface area (Å²) in [6.45, 7) is 0.0936. The van der Waals surface area contributed by atoms with Crippen molar-refractivity contribution >= 4 is 18.7 Å². The highest BCUT2D eigenvalue weighted by Gasteiger charge is 2.32. The number of rotatable bonds is 3. The lowest BCUT2D eigenvalue weighted by Crippen LogP contribution is -2.13. The summed E-state index contributed by atoms with van der Waals surface area (Å²) in [6.07, 6.45) is 0. The molecule has 21 heavy (non-hydrogen) atoms. The van der Waals surface area contributed by atoms with Crippen LogP contribution in [0, 0.1) is 11.6 Å². The van der Waals surface area contributed by atoms with Crippen LogP contribution in [0.1, 0.15) is 21.5 Å². The van der Waals surface area contributed by atoms with E-state index in [1.807, 2.05) is 6.07 Å². The normalized spacial score (nSPS) is 13.5. The zero-order chi connectivity index (χ0) is 15.0. The smallest absolute Gasteiger partial charge is 0.267 e. The van der Waals surface area contributed by atoms with Crippen LogP contribution in [-0.4, -0.2) is 10.2 Å². The summed E-state index contributed by atoms with van der Waals surface area (Å²) in [5, 5.41) is 0. The molecule has 0 spiro atoms. The third kappa shape index (κ3) is 2.47. The van der Waals surface area contributed by atoms with Gasteiger partial charge < -0.3 is 4.74 Å². The molecule has 3 nitrogen and oxygen atoms in total. The van der Waals surface area contributed by atoms with E-state index in [4.69, 9.17) is 4.74 Å². The molecule has 0 N–H and O–H groups in total. The van der Waals surface area contributed by atoms with Crippen molar-refractivity contribution in [3.05, 3.63) is 64.7 Å². The number of hydrogen-bond acceptors (Lipinski definition) is 3. The molecule has 0 atom stereocenters. The molecule has 1 aliphatic rings. The van der Waals surface area contributed by atoms with E-state index in [2.05, 4.69) is 12.8 Å². The van der Waals surface area contributed by atoms with Crippen LogP contribution in [0.3, 0.4) is 0 Å². The predicted octanol–water partition coefficient (Wildman–Crippen LogP) is 3.34. The van der Waals surface area contributed by atoms with E-state index in [0.29, 0.717) is 0 Å². The number of ether oxygens (including phenoxy) is 1. The molecule has 0 saturated carbocycles. The van der Waals surface area contributed by atoms with Gasteiger partial charge in [-0.2, -0.15) is 0 Å². The number of nitrogens with zero attached hydrogens (tertiary/aromatic N) is 1. The van der Waals surface area contributed by atoms with Gasteiger partial charge >= 0.3 is 0 Å². The summed E-state index contributed by atoms with van der Waals surface area (Å²) in [5.74, 6) is -2.91. The maximum atomic E-state index is 14.3. The molecule has 0 saturated heterocycles. The van der Waals surface area contributed by atoms with Crippen LogP contribution < -0.4 is 4.74 Å². The first-order chi connectivity index (χ1) is 10.1. The number of hydrogen-bond donors (Lipinski definition) is 1. The first kappa shape index (κ1) is 13.9. The molecule has 2 aromatic rings. The van der Waals surface area contributed by atoms with Gasteiger partial charge in [-0.25, -0.2) is 8.78 Å². The number of fused-ring (bicyclic) bond motifs is 1. The fraction of sp³-hybridized carbons (Fsp3) is 0.133. The first-order valence-corrected chi connectivity index (χ1v) is 6.66. The third-order valence-electron chi connectivity index (χ3n) is 3.25. The topological polar surface area (TPSA) is 29.5 Å². The Balaban J connectivity index is 1.92. The van der Waals surface area contributed by atoms with E-state index in [9.17, 15) is 13.6 Å². The molecule has 0 unspecified atom stereocenters. The highest BCUT2D eigenvalue weighted by atomic mass is 32.1. The Morgan fingerprint density at radius 3 is 2.67 bits per heavy atom. The number of carbonyl (C=O) groups excluding carboxylic acids is 1. The van der Waals surface area contributed by atoms with Gasteiger partial charge in [-0.05, 0) is 17.2 Å². The van der Waals surface area contributed by atoms with Crippen LogP contribution >= 0.6 is 12.8 Å². The third-order valence-corrected chi connectivity index (χ3v) is 3.58.